The van der Waals surface area contributed by atoms with E-state index >= 15 is 0 Å². The van der Waals surface area contributed by atoms with Crippen LogP contribution >= 0.6 is 0 Å². The van der Waals surface area contributed by atoms with Gasteiger partial charge in [-0.3, -0.25) is 4.79 Å². The van der Waals surface area contributed by atoms with Gasteiger partial charge >= 0.3 is 0 Å². The van der Waals surface area contributed by atoms with Crippen molar-refractivity contribution in [2.24, 2.45) is 0 Å². The largest absolute Gasteiger partial charge is 0.351 e. The summed E-state index contributed by atoms with van der Waals surface area (Å²) in [6.07, 6.45) is 8.66. The third kappa shape index (κ3) is 3.98. The third-order valence-electron chi connectivity index (χ3n) is 4.84. The van der Waals surface area contributed by atoms with Crippen molar-refractivity contribution in [2.75, 3.05) is 7.05 Å². The molecule has 2 N–H and O–H groups in total. The van der Waals surface area contributed by atoms with Crippen molar-refractivity contribution in [3.8, 4) is 0 Å². The second-order valence-electron chi connectivity index (χ2n) is 6.08. The summed E-state index contributed by atoms with van der Waals surface area (Å²) in [5.41, 5.74) is 0.00536. The molecule has 0 heterocycles. The van der Waals surface area contributed by atoms with Crippen molar-refractivity contribution in [1.82, 2.24) is 10.6 Å². The summed E-state index contributed by atoms with van der Waals surface area (Å²) in [6.45, 7) is 6.41. The Morgan fingerprint density at radius 2 is 1.72 bits per heavy atom. The summed E-state index contributed by atoms with van der Waals surface area (Å²) in [5.74, 6) is 0.206. The first-order valence-electron chi connectivity index (χ1n) is 7.49. The molecule has 1 amide bonds. The average Bonchev–Trinajstić information content (AvgIpc) is 2.39. The minimum absolute atomic E-state index is 0.0410. The van der Waals surface area contributed by atoms with E-state index in [0.29, 0.717) is 6.42 Å². The van der Waals surface area contributed by atoms with Gasteiger partial charge in [0.2, 0.25) is 5.91 Å². The Bertz CT molecular complexity index is 266. The standard InChI is InChI=1S/C15H30N2O/c1-5-14(3,6-2)17-13(18)12-15(16-4)10-8-7-9-11-15/h16H,5-12H2,1-4H3,(H,17,18). The van der Waals surface area contributed by atoms with Crippen molar-refractivity contribution in [3.63, 3.8) is 0 Å². The molecule has 106 valence electrons. The highest BCUT2D eigenvalue weighted by atomic mass is 16.1. The van der Waals surface area contributed by atoms with Crippen LogP contribution in [0.2, 0.25) is 0 Å². The molecule has 0 bridgehead atoms. The zero-order valence-corrected chi connectivity index (χ0v) is 12.6. The maximum atomic E-state index is 12.3. The van der Waals surface area contributed by atoms with Gasteiger partial charge in [0, 0.05) is 17.5 Å². The van der Waals surface area contributed by atoms with E-state index in [4.69, 9.17) is 0 Å². The highest BCUT2D eigenvalue weighted by molar-refractivity contribution is 5.78. The zero-order chi connectivity index (χ0) is 13.6. The van der Waals surface area contributed by atoms with E-state index in [9.17, 15) is 4.79 Å². The number of carbonyl (C=O) groups excluding carboxylic acids is 1. The molecule has 0 atom stereocenters. The second kappa shape index (κ2) is 6.55. The van der Waals surface area contributed by atoms with Crippen LogP contribution in [0.3, 0.4) is 0 Å². The zero-order valence-electron chi connectivity index (χ0n) is 12.6. The van der Waals surface area contributed by atoms with Gasteiger partial charge in [0.05, 0.1) is 0 Å². The van der Waals surface area contributed by atoms with Crippen LogP contribution in [0, 0.1) is 0 Å². The predicted molar refractivity (Wildman–Crippen MR) is 76.6 cm³/mol. The van der Waals surface area contributed by atoms with Crippen molar-refractivity contribution >= 4 is 5.91 Å². The van der Waals surface area contributed by atoms with Gasteiger partial charge in [0.1, 0.15) is 0 Å². The molecule has 18 heavy (non-hydrogen) atoms. The normalized spacial score (nSPS) is 19.6. The molecule has 0 aliphatic heterocycles. The lowest BCUT2D eigenvalue weighted by Gasteiger charge is -2.38. The summed E-state index contributed by atoms with van der Waals surface area (Å²) in [5, 5.41) is 6.63. The minimum atomic E-state index is -0.0410. The Hall–Kier alpha value is -0.570. The van der Waals surface area contributed by atoms with Crippen LogP contribution < -0.4 is 10.6 Å². The monoisotopic (exact) mass is 254 g/mol. The van der Waals surface area contributed by atoms with Crippen LogP contribution in [0.15, 0.2) is 0 Å². The Morgan fingerprint density at radius 1 is 1.17 bits per heavy atom. The van der Waals surface area contributed by atoms with Crippen molar-refractivity contribution in [3.05, 3.63) is 0 Å². The van der Waals surface area contributed by atoms with Crippen LogP contribution in [0.25, 0.3) is 0 Å². The molecule has 1 fully saturated rings. The fourth-order valence-corrected chi connectivity index (χ4v) is 2.86. The van der Waals surface area contributed by atoms with Crippen LogP contribution in [0.1, 0.15) is 72.1 Å². The summed E-state index contributed by atoms with van der Waals surface area (Å²) in [6, 6.07) is 0. The fraction of sp³-hybridized carbons (Fsp3) is 0.933. The fourth-order valence-electron chi connectivity index (χ4n) is 2.86. The molecule has 0 saturated heterocycles. The summed E-state index contributed by atoms with van der Waals surface area (Å²) >= 11 is 0. The van der Waals surface area contributed by atoms with E-state index in [2.05, 4.69) is 31.4 Å². The Balaban J connectivity index is 2.57. The van der Waals surface area contributed by atoms with E-state index in [0.717, 1.165) is 25.7 Å². The molecule has 0 aromatic carbocycles. The van der Waals surface area contributed by atoms with Gasteiger partial charge in [-0.25, -0.2) is 0 Å². The molecule has 0 spiro atoms. The Labute approximate surface area is 112 Å². The third-order valence-corrected chi connectivity index (χ3v) is 4.84. The highest BCUT2D eigenvalue weighted by Gasteiger charge is 2.34. The molecular weight excluding hydrogens is 224 g/mol. The molecule has 1 saturated carbocycles. The number of nitrogens with one attached hydrogen (secondary N) is 2. The van der Waals surface area contributed by atoms with Crippen LogP contribution in [0.5, 0.6) is 0 Å². The summed E-state index contributed by atoms with van der Waals surface area (Å²) in [4.78, 5) is 12.3. The Kier molecular flexibility index (Phi) is 5.64. The van der Waals surface area contributed by atoms with Crippen molar-refractivity contribution in [1.29, 1.82) is 0 Å². The number of carbonyl (C=O) groups is 1. The maximum absolute atomic E-state index is 12.3. The molecule has 3 heteroatoms. The molecule has 1 rings (SSSR count). The molecule has 1 aliphatic carbocycles. The smallest absolute Gasteiger partial charge is 0.222 e. The number of hydrogen-bond donors (Lipinski definition) is 2. The van der Waals surface area contributed by atoms with Gasteiger partial charge in [-0.05, 0) is 39.7 Å². The van der Waals surface area contributed by atoms with E-state index in [1.54, 1.807) is 0 Å². The lowest BCUT2D eigenvalue weighted by atomic mass is 9.79. The van der Waals surface area contributed by atoms with Gasteiger partial charge in [-0.15, -0.1) is 0 Å². The minimum Gasteiger partial charge on any atom is -0.351 e. The first-order valence-corrected chi connectivity index (χ1v) is 7.49. The van der Waals surface area contributed by atoms with E-state index in [1.807, 2.05) is 7.05 Å². The molecule has 1 aliphatic rings. The lowest BCUT2D eigenvalue weighted by Crippen LogP contribution is -2.52. The second-order valence-corrected chi connectivity index (χ2v) is 6.08. The van der Waals surface area contributed by atoms with Crippen molar-refractivity contribution in [2.45, 2.75) is 83.2 Å². The maximum Gasteiger partial charge on any atom is 0.222 e. The molecule has 0 aromatic heterocycles. The van der Waals surface area contributed by atoms with E-state index in [1.165, 1.54) is 19.3 Å². The van der Waals surface area contributed by atoms with Crippen LogP contribution in [-0.4, -0.2) is 24.0 Å². The number of hydrogen-bond acceptors (Lipinski definition) is 2. The van der Waals surface area contributed by atoms with E-state index < -0.39 is 0 Å². The topological polar surface area (TPSA) is 41.1 Å². The van der Waals surface area contributed by atoms with Gasteiger partial charge in [0.25, 0.3) is 0 Å². The van der Waals surface area contributed by atoms with Crippen LogP contribution in [-0.2, 0) is 4.79 Å². The van der Waals surface area contributed by atoms with Crippen LogP contribution in [0.4, 0.5) is 0 Å². The quantitative estimate of drug-likeness (QED) is 0.765. The van der Waals surface area contributed by atoms with Crippen molar-refractivity contribution < 1.29 is 4.79 Å². The van der Waals surface area contributed by atoms with Gasteiger partial charge < -0.3 is 10.6 Å². The first-order chi connectivity index (χ1) is 8.49. The average molecular weight is 254 g/mol. The van der Waals surface area contributed by atoms with Gasteiger partial charge in [-0.2, -0.15) is 0 Å². The van der Waals surface area contributed by atoms with Gasteiger partial charge in [-0.1, -0.05) is 33.1 Å². The van der Waals surface area contributed by atoms with Gasteiger partial charge in [0.15, 0.2) is 0 Å². The Morgan fingerprint density at radius 3 is 2.17 bits per heavy atom. The predicted octanol–water partition coefficient (Wildman–Crippen LogP) is 2.99. The highest BCUT2D eigenvalue weighted by Crippen LogP contribution is 2.31. The molecule has 0 unspecified atom stereocenters. The SMILES string of the molecule is CCC(C)(CC)NC(=O)CC1(NC)CCCCC1. The number of amides is 1. The summed E-state index contributed by atoms with van der Waals surface area (Å²) in [7, 11) is 2.00. The number of rotatable bonds is 6. The van der Waals surface area contributed by atoms with E-state index in [-0.39, 0.29) is 17.0 Å². The molecular formula is C15H30N2O. The summed E-state index contributed by atoms with van der Waals surface area (Å²) < 4.78 is 0. The molecule has 0 radical (unpaired) electrons. The molecule has 0 aromatic rings. The molecule has 3 nitrogen and oxygen atoms in total. The first kappa shape index (κ1) is 15.5. The lowest BCUT2D eigenvalue weighted by molar-refractivity contribution is -0.124.